The standard InChI is InChI=1S/C14H28N4O4S/c1-12(19)15-13-4-7-17(8-5-13)10-14(20)6-9-18(11-14)23(21,22)16(2)3/h13,20H,4-11H2,1-3H3,(H,15,19)/t14-/m1/s1. The molecule has 2 saturated heterocycles. The van der Waals surface area contributed by atoms with E-state index in [1.807, 2.05) is 0 Å². The maximum Gasteiger partial charge on any atom is 0.281 e. The first-order valence-corrected chi connectivity index (χ1v) is 9.41. The number of carbonyl (C=O) groups excluding carboxylic acids is 1. The number of nitrogens with zero attached hydrogens (tertiary/aromatic N) is 3. The second-order valence-corrected chi connectivity index (χ2v) is 8.99. The third-order valence-electron chi connectivity index (χ3n) is 4.60. The van der Waals surface area contributed by atoms with Gasteiger partial charge in [-0.05, 0) is 19.3 Å². The van der Waals surface area contributed by atoms with Crippen molar-refractivity contribution in [1.82, 2.24) is 18.8 Å². The Kier molecular flexibility index (Phi) is 5.68. The Morgan fingerprint density at radius 2 is 1.91 bits per heavy atom. The Morgan fingerprint density at radius 1 is 1.30 bits per heavy atom. The summed E-state index contributed by atoms with van der Waals surface area (Å²) < 4.78 is 26.8. The van der Waals surface area contributed by atoms with Gasteiger partial charge in [0.25, 0.3) is 10.2 Å². The molecule has 2 aliphatic rings. The zero-order valence-electron chi connectivity index (χ0n) is 14.2. The van der Waals surface area contributed by atoms with Crippen LogP contribution >= 0.6 is 0 Å². The first-order chi connectivity index (χ1) is 10.6. The predicted octanol–water partition coefficient (Wildman–Crippen LogP) is -1.17. The third kappa shape index (κ3) is 4.63. The topological polar surface area (TPSA) is 93.2 Å². The fraction of sp³-hybridized carbons (Fsp3) is 0.929. The zero-order chi connectivity index (χ0) is 17.3. The van der Waals surface area contributed by atoms with Crippen LogP contribution in [0.2, 0.25) is 0 Å². The van der Waals surface area contributed by atoms with E-state index in [0.29, 0.717) is 19.5 Å². The smallest absolute Gasteiger partial charge is 0.281 e. The lowest BCUT2D eigenvalue weighted by atomic mass is 9.99. The Labute approximate surface area is 138 Å². The zero-order valence-corrected chi connectivity index (χ0v) is 15.0. The van der Waals surface area contributed by atoms with E-state index in [9.17, 15) is 18.3 Å². The average molecular weight is 348 g/mol. The van der Waals surface area contributed by atoms with Gasteiger partial charge < -0.3 is 15.3 Å². The lowest BCUT2D eigenvalue weighted by Gasteiger charge is -2.36. The summed E-state index contributed by atoms with van der Waals surface area (Å²) in [5, 5.41) is 13.7. The molecular formula is C14H28N4O4S. The van der Waals surface area contributed by atoms with Crippen LogP contribution in [0.1, 0.15) is 26.2 Å². The normalized spacial score (nSPS) is 28.4. The van der Waals surface area contributed by atoms with Crippen molar-refractivity contribution < 1.29 is 18.3 Å². The number of hydrogen-bond acceptors (Lipinski definition) is 5. The molecule has 0 aromatic rings. The first kappa shape index (κ1) is 18.6. The van der Waals surface area contributed by atoms with Gasteiger partial charge in [-0.1, -0.05) is 0 Å². The molecule has 0 radical (unpaired) electrons. The highest BCUT2D eigenvalue weighted by Gasteiger charge is 2.43. The number of likely N-dealkylation sites (tertiary alicyclic amines) is 1. The number of nitrogens with one attached hydrogen (secondary N) is 1. The summed E-state index contributed by atoms with van der Waals surface area (Å²) in [5.74, 6) is -0.0117. The Bertz CT molecular complexity index is 531. The van der Waals surface area contributed by atoms with E-state index >= 15 is 0 Å². The molecule has 0 aromatic heterocycles. The molecule has 23 heavy (non-hydrogen) atoms. The quantitative estimate of drug-likeness (QED) is 0.653. The summed E-state index contributed by atoms with van der Waals surface area (Å²) in [5.41, 5.74) is -0.996. The third-order valence-corrected chi connectivity index (χ3v) is 6.48. The van der Waals surface area contributed by atoms with Gasteiger partial charge in [-0.3, -0.25) is 4.79 Å². The number of β-amino-alcohol motifs (C(OH)–C–C–N with tert-alkyl or cyclic N) is 1. The van der Waals surface area contributed by atoms with Crippen molar-refractivity contribution in [3.63, 3.8) is 0 Å². The van der Waals surface area contributed by atoms with Crippen molar-refractivity contribution in [1.29, 1.82) is 0 Å². The van der Waals surface area contributed by atoms with Crippen LogP contribution in [0.5, 0.6) is 0 Å². The fourth-order valence-corrected chi connectivity index (χ4v) is 4.50. The van der Waals surface area contributed by atoms with Gasteiger partial charge >= 0.3 is 0 Å². The molecule has 9 heteroatoms. The molecule has 0 spiro atoms. The van der Waals surface area contributed by atoms with Gasteiger partial charge in [0.2, 0.25) is 5.91 Å². The molecule has 2 heterocycles. The van der Waals surface area contributed by atoms with Crippen molar-refractivity contribution in [2.75, 3.05) is 46.8 Å². The molecule has 0 bridgehead atoms. The second-order valence-electron chi connectivity index (χ2n) is 6.85. The molecule has 2 N–H and O–H groups in total. The summed E-state index contributed by atoms with van der Waals surface area (Å²) in [6.45, 7) is 4.08. The summed E-state index contributed by atoms with van der Waals surface area (Å²) in [7, 11) is -0.471. The van der Waals surface area contributed by atoms with Crippen LogP contribution in [-0.4, -0.2) is 91.4 Å². The van der Waals surface area contributed by atoms with E-state index < -0.39 is 15.8 Å². The highest BCUT2D eigenvalue weighted by Crippen LogP contribution is 2.26. The molecule has 1 atom stereocenters. The van der Waals surface area contributed by atoms with Gasteiger partial charge in [0.15, 0.2) is 0 Å². The van der Waals surface area contributed by atoms with E-state index in [1.165, 1.54) is 29.6 Å². The molecule has 0 aromatic carbocycles. The van der Waals surface area contributed by atoms with Crippen LogP contribution in [-0.2, 0) is 15.0 Å². The summed E-state index contributed by atoms with van der Waals surface area (Å²) in [4.78, 5) is 13.2. The maximum atomic E-state index is 12.1. The van der Waals surface area contributed by atoms with Gasteiger partial charge in [0.1, 0.15) is 0 Å². The van der Waals surface area contributed by atoms with Crippen LogP contribution in [0, 0.1) is 0 Å². The van der Waals surface area contributed by atoms with Crippen molar-refractivity contribution in [2.45, 2.75) is 37.8 Å². The van der Waals surface area contributed by atoms with Crippen LogP contribution < -0.4 is 5.32 Å². The number of piperidine rings is 1. The Balaban J connectivity index is 1.86. The van der Waals surface area contributed by atoms with Crippen molar-refractivity contribution in [3.8, 4) is 0 Å². The largest absolute Gasteiger partial charge is 0.387 e. The first-order valence-electron chi connectivity index (χ1n) is 8.02. The number of carbonyl (C=O) groups is 1. The summed E-state index contributed by atoms with van der Waals surface area (Å²) in [6, 6.07) is 0.201. The second kappa shape index (κ2) is 7.02. The van der Waals surface area contributed by atoms with Crippen LogP contribution in [0.4, 0.5) is 0 Å². The SMILES string of the molecule is CC(=O)NC1CCN(C[C@]2(O)CCN(S(=O)(=O)N(C)C)C2)CC1. The maximum absolute atomic E-state index is 12.1. The number of aliphatic hydroxyl groups is 1. The van der Waals surface area contributed by atoms with Crippen molar-refractivity contribution in [3.05, 3.63) is 0 Å². The van der Waals surface area contributed by atoms with E-state index in [-0.39, 0.29) is 18.5 Å². The number of hydrogen-bond donors (Lipinski definition) is 2. The number of amides is 1. The van der Waals surface area contributed by atoms with Gasteiger partial charge in [-0.25, -0.2) is 0 Å². The Morgan fingerprint density at radius 3 is 2.43 bits per heavy atom. The molecule has 1 amide bonds. The van der Waals surface area contributed by atoms with Gasteiger partial charge in [0.05, 0.1) is 5.60 Å². The minimum atomic E-state index is -3.47. The lowest BCUT2D eigenvalue weighted by Crippen LogP contribution is -2.51. The molecule has 2 fully saturated rings. The van der Waals surface area contributed by atoms with Gasteiger partial charge in [-0.15, -0.1) is 0 Å². The van der Waals surface area contributed by atoms with Crippen LogP contribution in [0.25, 0.3) is 0 Å². The highest BCUT2D eigenvalue weighted by atomic mass is 32.2. The monoisotopic (exact) mass is 348 g/mol. The highest BCUT2D eigenvalue weighted by molar-refractivity contribution is 7.86. The molecule has 0 aliphatic carbocycles. The fourth-order valence-electron chi connectivity index (χ4n) is 3.32. The van der Waals surface area contributed by atoms with Gasteiger partial charge in [0, 0.05) is 59.8 Å². The minimum absolute atomic E-state index is 0.0117. The molecule has 0 unspecified atom stereocenters. The molecule has 8 nitrogen and oxygen atoms in total. The summed E-state index contributed by atoms with van der Waals surface area (Å²) in [6.07, 6.45) is 2.16. The van der Waals surface area contributed by atoms with E-state index in [1.54, 1.807) is 0 Å². The van der Waals surface area contributed by atoms with Crippen molar-refractivity contribution in [2.24, 2.45) is 0 Å². The number of rotatable bonds is 5. The van der Waals surface area contributed by atoms with E-state index in [0.717, 1.165) is 25.9 Å². The van der Waals surface area contributed by atoms with Crippen LogP contribution in [0.3, 0.4) is 0 Å². The predicted molar refractivity (Wildman–Crippen MR) is 87.0 cm³/mol. The van der Waals surface area contributed by atoms with Gasteiger partial charge in [-0.2, -0.15) is 17.0 Å². The Hall–Kier alpha value is -0.740. The molecule has 134 valence electrons. The van der Waals surface area contributed by atoms with E-state index in [2.05, 4.69) is 10.2 Å². The minimum Gasteiger partial charge on any atom is -0.387 e. The lowest BCUT2D eigenvalue weighted by molar-refractivity contribution is -0.120. The molecule has 2 rings (SSSR count). The summed E-state index contributed by atoms with van der Waals surface area (Å²) >= 11 is 0. The molecule has 0 saturated carbocycles. The molecular weight excluding hydrogens is 320 g/mol. The molecule has 2 aliphatic heterocycles. The van der Waals surface area contributed by atoms with E-state index in [4.69, 9.17) is 0 Å². The van der Waals surface area contributed by atoms with Crippen LogP contribution in [0.15, 0.2) is 0 Å². The van der Waals surface area contributed by atoms with Crippen molar-refractivity contribution >= 4 is 16.1 Å². The average Bonchev–Trinajstić information content (AvgIpc) is 2.83.